The third-order valence-corrected chi connectivity index (χ3v) is 2.84. The Hall–Kier alpha value is -1.81. The lowest BCUT2D eigenvalue weighted by Crippen LogP contribution is -2.19. The van der Waals surface area contributed by atoms with Gasteiger partial charge in [-0.2, -0.15) is 0 Å². The molecular formula is C13H17N3O. The van der Waals surface area contributed by atoms with Crippen molar-refractivity contribution >= 4 is 11.0 Å². The van der Waals surface area contributed by atoms with Gasteiger partial charge in [-0.25, -0.2) is 4.79 Å². The molecule has 0 saturated heterocycles. The molecule has 1 heterocycles. The van der Waals surface area contributed by atoms with Crippen LogP contribution in [0, 0.1) is 0 Å². The second kappa shape index (κ2) is 5.01. The zero-order valence-electron chi connectivity index (χ0n) is 9.92. The Kier molecular flexibility index (Phi) is 3.44. The van der Waals surface area contributed by atoms with Crippen LogP contribution in [0.4, 0.5) is 0 Å². The summed E-state index contributed by atoms with van der Waals surface area (Å²) in [6, 6.07) is 6.21. The van der Waals surface area contributed by atoms with Crippen LogP contribution < -0.4 is 11.0 Å². The van der Waals surface area contributed by atoms with Gasteiger partial charge in [0.1, 0.15) is 0 Å². The molecule has 0 amide bonds. The highest BCUT2D eigenvalue weighted by Gasteiger charge is 2.06. The molecule has 17 heavy (non-hydrogen) atoms. The molecule has 0 radical (unpaired) electrons. The summed E-state index contributed by atoms with van der Waals surface area (Å²) in [5.74, 6) is 0. The van der Waals surface area contributed by atoms with E-state index in [1.807, 2.05) is 24.3 Å². The van der Waals surface area contributed by atoms with Crippen LogP contribution in [0.5, 0.6) is 0 Å². The second-order valence-corrected chi connectivity index (χ2v) is 4.14. The van der Waals surface area contributed by atoms with Gasteiger partial charge < -0.3 is 15.3 Å². The molecule has 1 atom stereocenters. The molecular weight excluding hydrogens is 214 g/mol. The number of aromatic amines is 2. The van der Waals surface area contributed by atoms with Crippen molar-refractivity contribution in [1.29, 1.82) is 0 Å². The van der Waals surface area contributed by atoms with Gasteiger partial charge in [0, 0.05) is 6.04 Å². The molecule has 0 bridgehead atoms. The number of imidazole rings is 1. The van der Waals surface area contributed by atoms with Crippen molar-refractivity contribution in [2.24, 2.45) is 0 Å². The lowest BCUT2D eigenvalue weighted by molar-refractivity contribution is 0.582. The smallest absolute Gasteiger partial charge is 0.310 e. The third kappa shape index (κ3) is 2.65. The van der Waals surface area contributed by atoms with Crippen LogP contribution in [-0.2, 0) is 0 Å². The van der Waals surface area contributed by atoms with E-state index in [9.17, 15) is 4.79 Å². The summed E-state index contributed by atoms with van der Waals surface area (Å²) in [6.07, 6.45) is 2.85. The van der Waals surface area contributed by atoms with Gasteiger partial charge in [-0.1, -0.05) is 12.1 Å². The van der Waals surface area contributed by atoms with E-state index in [4.69, 9.17) is 0 Å². The van der Waals surface area contributed by atoms with Crippen molar-refractivity contribution in [1.82, 2.24) is 15.3 Å². The topological polar surface area (TPSA) is 60.7 Å². The van der Waals surface area contributed by atoms with E-state index in [-0.39, 0.29) is 11.7 Å². The summed E-state index contributed by atoms with van der Waals surface area (Å²) in [5, 5.41) is 3.40. The van der Waals surface area contributed by atoms with Crippen molar-refractivity contribution in [2.45, 2.75) is 19.4 Å². The van der Waals surface area contributed by atoms with Crippen LogP contribution in [0.15, 0.2) is 35.6 Å². The fourth-order valence-corrected chi connectivity index (χ4v) is 1.84. The fraction of sp³-hybridized carbons (Fsp3) is 0.308. The summed E-state index contributed by atoms with van der Waals surface area (Å²) < 4.78 is 0. The molecule has 3 N–H and O–H groups in total. The van der Waals surface area contributed by atoms with Gasteiger partial charge in [0.05, 0.1) is 11.0 Å². The second-order valence-electron chi connectivity index (χ2n) is 4.14. The summed E-state index contributed by atoms with van der Waals surface area (Å²) >= 11 is 0. The van der Waals surface area contributed by atoms with Crippen molar-refractivity contribution in [2.75, 3.05) is 6.54 Å². The third-order valence-electron chi connectivity index (χ3n) is 2.84. The molecule has 0 aliphatic carbocycles. The lowest BCUT2D eigenvalue weighted by atomic mass is 10.1. The van der Waals surface area contributed by atoms with Gasteiger partial charge in [0.15, 0.2) is 0 Å². The average molecular weight is 231 g/mol. The van der Waals surface area contributed by atoms with E-state index in [0.717, 1.165) is 29.6 Å². The minimum absolute atomic E-state index is 0.163. The Bertz CT molecular complexity index is 567. The quantitative estimate of drug-likeness (QED) is 0.545. The summed E-state index contributed by atoms with van der Waals surface area (Å²) in [4.78, 5) is 16.6. The maximum absolute atomic E-state index is 11.1. The van der Waals surface area contributed by atoms with E-state index in [2.05, 4.69) is 28.8 Å². The van der Waals surface area contributed by atoms with E-state index < -0.39 is 0 Å². The van der Waals surface area contributed by atoms with Crippen molar-refractivity contribution in [3.63, 3.8) is 0 Å². The number of hydrogen-bond acceptors (Lipinski definition) is 2. The normalized spacial score (nSPS) is 12.8. The molecule has 4 heteroatoms. The molecule has 0 saturated carbocycles. The summed E-state index contributed by atoms with van der Waals surface area (Å²) in [6.45, 7) is 6.71. The summed E-state index contributed by atoms with van der Waals surface area (Å²) in [7, 11) is 0. The largest absolute Gasteiger partial charge is 0.323 e. The van der Waals surface area contributed by atoms with Crippen LogP contribution in [0.3, 0.4) is 0 Å². The molecule has 0 fully saturated rings. The van der Waals surface area contributed by atoms with E-state index in [0.29, 0.717) is 0 Å². The lowest BCUT2D eigenvalue weighted by Gasteiger charge is -2.13. The molecule has 1 unspecified atom stereocenters. The SMILES string of the molecule is C=CCCNC(C)c1ccc2[nH]c(=O)[nH]c2c1. The predicted octanol–water partition coefficient (Wildman–Crippen LogP) is 2.08. The molecule has 0 spiro atoms. The van der Waals surface area contributed by atoms with Gasteiger partial charge >= 0.3 is 5.69 Å². The minimum atomic E-state index is -0.163. The van der Waals surface area contributed by atoms with Crippen LogP contribution in [-0.4, -0.2) is 16.5 Å². The zero-order valence-corrected chi connectivity index (χ0v) is 9.92. The molecule has 1 aromatic heterocycles. The highest BCUT2D eigenvalue weighted by molar-refractivity contribution is 5.75. The highest BCUT2D eigenvalue weighted by atomic mass is 16.1. The first-order chi connectivity index (χ1) is 8.20. The van der Waals surface area contributed by atoms with Gasteiger partial charge in [0.25, 0.3) is 0 Å². The fourth-order valence-electron chi connectivity index (χ4n) is 1.84. The monoisotopic (exact) mass is 231 g/mol. The van der Waals surface area contributed by atoms with Gasteiger partial charge in [-0.15, -0.1) is 6.58 Å². The predicted molar refractivity (Wildman–Crippen MR) is 70.2 cm³/mol. The van der Waals surface area contributed by atoms with Crippen molar-refractivity contribution in [3.05, 3.63) is 46.9 Å². The van der Waals surface area contributed by atoms with E-state index >= 15 is 0 Å². The van der Waals surface area contributed by atoms with Gasteiger partial charge in [-0.3, -0.25) is 0 Å². The Morgan fingerprint density at radius 3 is 2.94 bits per heavy atom. The Labute approximate surface area is 99.8 Å². The van der Waals surface area contributed by atoms with Crippen molar-refractivity contribution < 1.29 is 0 Å². The standard InChI is InChI=1S/C13H17N3O/c1-3-4-7-14-9(2)10-5-6-11-12(8-10)16-13(17)15-11/h3,5-6,8-9,14H,1,4,7H2,2H3,(H2,15,16,17). The number of rotatable bonds is 5. The first kappa shape index (κ1) is 11.7. The molecule has 2 rings (SSSR count). The van der Waals surface area contributed by atoms with Crippen LogP contribution in [0.1, 0.15) is 24.9 Å². The molecule has 1 aromatic carbocycles. The van der Waals surface area contributed by atoms with Crippen molar-refractivity contribution in [3.8, 4) is 0 Å². The van der Waals surface area contributed by atoms with Crippen LogP contribution in [0.2, 0.25) is 0 Å². The molecule has 0 aliphatic heterocycles. The molecule has 0 aliphatic rings. The number of nitrogens with one attached hydrogen (secondary N) is 3. The first-order valence-electron chi connectivity index (χ1n) is 5.77. The van der Waals surface area contributed by atoms with E-state index in [1.54, 1.807) is 0 Å². The number of hydrogen-bond donors (Lipinski definition) is 3. The summed E-state index contributed by atoms with van der Waals surface area (Å²) in [5.41, 5.74) is 2.70. The number of benzene rings is 1. The maximum Gasteiger partial charge on any atom is 0.323 e. The maximum atomic E-state index is 11.1. The minimum Gasteiger partial charge on any atom is -0.310 e. The number of aromatic nitrogens is 2. The first-order valence-corrected chi connectivity index (χ1v) is 5.77. The van der Waals surface area contributed by atoms with Gasteiger partial charge in [-0.05, 0) is 37.6 Å². The molecule has 90 valence electrons. The highest BCUT2D eigenvalue weighted by Crippen LogP contribution is 2.16. The van der Waals surface area contributed by atoms with E-state index in [1.165, 1.54) is 0 Å². The van der Waals surface area contributed by atoms with Crippen LogP contribution >= 0.6 is 0 Å². The number of H-pyrrole nitrogens is 2. The Morgan fingerprint density at radius 2 is 2.18 bits per heavy atom. The Balaban J connectivity index is 2.17. The Morgan fingerprint density at radius 1 is 1.41 bits per heavy atom. The molecule has 4 nitrogen and oxygen atoms in total. The van der Waals surface area contributed by atoms with Crippen LogP contribution in [0.25, 0.3) is 11.0 Å². The zero-order chi connectivity index (χ0) is 12.3. The van der Waals surface area contributed by atoms with Gasteiger partial charge in [0.2, 0.25) is 0 Å². The average Bonchev–Trinajstić information content (AvgIpc) is 2.68. The molecule has 2 aromatic rings. The number of fused-ring (bicyclic) bond motifs is 1.